The molecule has 3 aromatic rings. The zero-order valence-electron chi connectivity index (χ0n) is 7.23. The van der Waals surface area contributed by atoms with Crippen molar-refractivity contribution < 1.29 is 0 Å². The molecule has 0 saturated heterocycles. The van der Waals surface area contributed by atoms with Crippen LogP contribution in [0.25, 0.3) is 22.2 Å². The highest BCUT2D eigenvalue weighted by atomic mass is 15.1. The van der Waals surface area contributed by atoms with E-state index in [1.165, 1.54) is 0 Å². The Bertz CT molecular complexity index is 551. The first-order valence-corrected chi connectivity index (χ1v) is 4.22. The molecule has 14 heavy (non-hydrogen) atoms. The average Bonchev–Trinajstić information content (AvgIpc) is 2.88. The molecule has 3 heterocycles. The highest BCUT2D eigenvalue weighted by Gasteiger charge is 2.02. The van der Waals surface area contributed by atoms with Gasteiger partial charge in [-0.1, -0.05) is 0 Å². The monoisotopic (exact) mass is 185 g/mol. The molecule has 0 aliphatic carbocycles. The molecule has 0 aromatic carbocycles. The van der Waals surface area contributed by atoms with Gasteiger partial charge in [-0.2, -0.15) is 10.2 Å². The van der Waals surface area contributed by atoms with Crippen LogP contribution in [0.4, 0.5) is 0 Å². The second kappa shape index (κ2) is 2.66. The van der Waals surface area contributed by atoms with Gasteiger partial charge in [0, 0.05) is 17.1 Å². The van der Waals surface area contributed by atoms with Crippen LogP contribution in [0.15, 0.2) is 30.9 Å². The highest BCUT2D eigenvalue weighted by Crippen LogP contribution is 2.18. The van der Waals surface area contributed by atoms with Crippen molar-refractivity contribution in [2.45, 2.75) is 0 Å². The molecule has 0 radical (unpaired) electrons. The van der Waals surface area contributed by atoms with E-state index < -0.39 is 0 Å². The Balaban J connectivity index is 2.23. The Morgan fingerprint density at radius 3 is 2.93 bits per heavy atom. The molecule has 3 rings (SSSR count). The lowest BCUT2D eigenvalue weighted by Gasteiger charge is -1.94. The van der Waals surface area contributed by atoms with Gasteiger partial charge in [0.15, 0.2) is 0 Å². The number of pyridine rings is 1. The maximum Gasteiger partial charge on any atom is 0.0833 e. The molecular weight excluding hydrogens is 178 g/mol. The summed E-state index contributed by atoms with van der Waals surface area (Å²) in [6.07, 6.45) is 7.10. The fourth-order valence-corrected chi connectivity index (χ4v) is 1.39. The van der Waals surface area contributed by atoms with Gasteiger partial charge in [-0.05, 0) is 6.07 Å². The number of hydrogen-bond acceptors (Lipinski definition) is 3. The van der Waals surface area contributed by atoms with Gasteiger partial charge in [0.1, 0.15) is 0 Å². The minimum Gasteiger partial charge on any atom is -0.285 e. The van der Waals surface area contributed by atoms with Crippen molar-refractivity contribution >= 4 is 10.9 Å². The van der Waals surface area contributed by atoms with Crippen LogP contribution in [0.3, 0.4) is 0 Å². The van der Waals surface area contributed by atoms with Crippen molar-refractivity contribution in [3.8, 4) is 11.3 Å². The second-order valence-corrected chi connectivity index (χ2v) is 3.01. The first-order chi connectivity index (χ1) is 6.93. The van der Waals surface area contributed by atoms with Gasteiger partial charge in [-0.25, -0.2) is 0 Å². The molecule has 0 fully saturated rings. The minimum absolute atomic E-state index is 0.896. The standard InChI is InChI=1S/C9H7N5/c1-6-2-13-14-9(6)5-10-8(1)7-3-11-12-4-7/h1-5H,(H,11,12)(H,13,14). The van der Waals surface area contributed by atoms with Crippen LogP contribution in [0, 0.1) is 0 Å². The van der Waals surface area contributed by atoms with E-state index in [9.17, 15) is 0 Å². The fourth-order valence-electron chi connectivity index (χ4n) is 1.39. The van der Waals surface area contributed by atoms with E-state index in [1.54, 1.807) is 18.6 Å². The fraction of sp³-hybridized carbons (Fsp3) is 0. The van der Waals surface area contributed by atoms with Crippen molar-refractivity contribution in [3.63, 3.8) is 0 Å². The van der Waals surface area contributed by atoms with Gasteiger partial charge in [0.25, 0.3) is 0 Å². The zero-order chi connectivity index (χ0) is 9.38. The van der Waals surface area contributed by atoms with Crippen molar-refractivity contribution in [2.75, 3.05) is 0 Å². The van der Waals surface area contributed by atoms with Crippen LogP contribution in [-0.2, 0) is 0 Å². The van der Waals surface area contributed by atoms with Crippen LogP contribution in [0.2, 0.25) is 0 Å². The minimum atomic E-state index is 0.896. The molecule has 0 unspecified atom stereocenters. The Kier molecular flexibility index (Phi) is 1.38. The smallest absolute Gasteiger partial charge is 0.0833 e. The maximum absolute atomic E-state index is 4.29. The number of H-pyrrole nitrogens is 2. The number of nitrogens with one attached hydrogen (secondary N) is 2. The molecule has 0 bridgehead atoms. The Labute approximate surface area is 79.2 Å². The highest BCUT2D eigenvalue weighted by molar-refractivity contribution is 5.81. The summed E-state index contributed by atoms with van der Waals surface area (Å²) < 4.78 is 0. The van der Waals surface area contributed by atoms with E-state index in [2.05, 4.69) is 25.4 Å². The summed E-state index contributed by atoms with van der Waals surface area (Å²) in [6, 6.07) is 1.98. The summed E-state index contributed by atoms with van der Waals surface area (Å²) in [7, 11) is 0. The summed E-state index contributed by atoms with van der Waals surface area (Å²) in [4.78, 5) is 4.29. The topological polar surface area (TPSA) is 70.2 Å². The van der Waals surface area contributed by atoms with Crippen LogP contribution in [0.5, 0.6) is 0 Å². The molecule has 0 aliphatic heterocycles. The van der Waals surface area contributed by atoms with E-state index >= 15 is 0 Å². The number of nitrogens with zero attached hydrogens (tertiary/aromatic N) is 3. The lowest BCUT2D eigenvalue weighted by atomic mass is 10.2. The van der Waals surface area contributed by atoms with Gasteiger partial charge < -0.3 is 0 Å². The summed E-state index contributed by atoms with van der Waals surface area (Å²) >= 11 is 0. The lowest BCUT2D eigenvalue weighted by Crippen LogP contribution is -1.80. The van der Waals surface area contributed by atoms with Gasteiger partial charge in [0.2, 0.25) is 0 Å². The molecule has 68 valence electrons. The molecule has 0 spiro atoms. The summed E-state index contributed by atoms with van der Waals surface area (Å²) in [5, 5.41) is 14.5. The van der Waals surface area contributed by atoms with Gasteiger partial charge in [0.05, 0.1) is 29.8 Å². The third-order valence-corrected chi connectivity index (χ3v) is 2.12. The van der Waals surface area contributed by atoms with Crippen LogP contribution >= 0.6 is 0 Å². The number of hydrogen-bond donors (Lipinski definition) is 2. The van der Waals surface area contributed by atoms with Crippen LogP contribution < -0.4 is 0 Å². The summed E-state index contributed by atoms with van der Waals surface area (Å²) in [5.74, 6) is 0. The quantitative estimate of drug-likeness (QED) is 0.601. The predicted octanol–water partition coefficient (Wildman–Crippen LogP) is 1.35. The molecule has 2 N–H and O–H groups in total. The number of fused-ring (bicyclic) bond motifs is 1. The molecule has 0 saturated carbocycles. The Morgan fingerprint density at radius 2 is 2.07 bits per heavy atom. The lowest BCUT2D eigenvalue weighted by molar-refractivity contribution is 1.09. The average molecular weight is 185 g/mol. The van der Waals surface area contributed by atoms with Gasteiger partial charge in [-0.15, -0.1) is 0 Å². The molecule has 3 aromatic heterocycles. The normalized spacial score (nSPS) is 10.9. The predicted molar refractivity (Wildman–Crippen MR) is 51.5 cm³/mol. The molecule has 0 aliphatic rings. The van der Waals surface area contributed by atoms with E-state index in [0.29, 0.717) is 0 Å². The number of rotatable bonds is 1. The summed E-state index contributed by atoms with van der Waals surface area (Å²) in [5.41, 5.74) is 2.82. The van der Waals surface area contributed by atoms with E-state index in [4.69, 9.17) is 0 Å². The first-order valence-electron chi connectivity index (χ1n) is 4.22. The molecule has 5 heteroatoms. The van der Waals surface area contributed by atoms with E-state index in [-0.39, 0.29) is 0 Å². The largest absolute Gasteiger partial charge is 0.285 e. The second-order valence-electron chi connectivity index (χ2n) is 3.01. The summed E-state index contributed by atoms with van der Waals surface area (Å²) in [6.45, 7) is 0. The van der Waals surface area contributed by atoms with Crippen LogP contribution in [-0.4, -0.2) is 25.4 Å². The maximum atomic E-state index is 4.29. The van der Waals surface area contributed by atoms with Gasteiger partial charge in [-0.3, -0.25) is 15.2 Å². The number of aromatic nitrogens is 5. The first kappa shape index (κ1) is 7.25. The van der Waals surface area contributed by atoms with Crippen molar-refractivity contribution in [1.82, 2.24) is 25.4 Å². The Hall–Kier alpha value is -2.17. The van der Waals surface area contributed by atoms with Crippen molar-refractivity contribution in [1.29, 1.82) is 0 Å². The van der Waals surface area contributed by atoms with Crippen molar-refractivity contribution in [2.24, 2.45) is 0 Å². The van der Waals surface area contributed by atoms with Crippen LogP contribution in [0.1, 0.15) is 0 Å². The molecule has 0 amide bonds. The molecular formula is C9H7N5. The Morgan fingerprint density at radius 1 is 1.07 bits per heavy atom. The SMILES string of the molecule is c1n[nH]cc1-c1cc2cn[nH]c2cn1. The zero-order valence-corrected chi connectivity index (χ0v) is 7.23. The van der Waals surface area contributed by atoms with Gasteiger partial charge >= 0.3 is 0 Å². The molecule has 5 nitrogen and oxygen atoms in total. The van der Waals surface area contributed by atoms with E-state index in [1.807, 2.05) is 12.3 Å². The number of aromatic amines is 2. The van der Waals surface area contributed by atoms with Crippen molar-refractivity contribution in [3.05, 3.63) is 30.9 Å². The molecule has 0 atom stereocenters. The van der Waals surface area contributed by atoms with E-state index in [0.717, 1.165) is 22.2 Å². The third-order valence-electron chi connectivity index (χ3n) is 2.12. The third kappa shape index (κ3) is 0.990.